The standard InChI is InChI=1S/C29H32FNO/c1-2-28(24-9-5-3-6-10-24)29(25-11-7-4-8-12-25)26-13-15-27(16-14-26)32-20-19-31-18-17-23(21-30)22-31/h3-16,23H,2,17-22H2,1H3. The largest absolute Gasteiger partial charge is 0.492 e. The van der Waals surface area contributed by atoms with Gasteiger partial charge in [-0.2, -0.15) is 0 Å². The van der Waals surface area contributed by atoms with Crippen molar-refractivity contribution in [2.45, 2.75) is 19.8 Å². The third kappa shape index (κ3) is 5.46. The van der Waals surface area contributed by atoms with Gasteiger partial charge in [-0.3, -0.25) is 9.29 Å². The highest BCUT2D eigenvalue weighted by Gasteiger charge is 2.21. The Morgan fingerprint density at radius 3 is 2.09 bits per heavy atom. The Morgan fingerprint density at radius 2 is 1.50 bits per heavy atom. The van der Waals surface area contributed by atoms with Crippen molar-refractivity contribution in [2.24, 2.45) is 5.92 Å². The summed E-state index contributed by atoms with van der Waals surface area (Å²) in [6.07, 6.45) is 1.91. The molecule has 0 aromatic heterocycles. The Kier molecular flexibility index (Phi) is 7.73. The van der Waals surface area contributed by atoms with E-state index in [1.165, 1.54) is 27.8 Å². The van der Waals surface area contributed by atoms with Gasteiger partial charge in [0.2, 0.25) is 0 Å². The van der Waals surface area contributed by atoms with Crippen molar-refractivity contribution in [3.05, 3.63) is 102 Å². The lowest BCUT2D eigenvalue weighted by Gasteiger charge is -2.18. The topological polar surface area (TPSA) is 12.5 Å². The second-order valence-electron chi connectivity index (χ2n) is 8.42. The van der Waals surface area contributed by atoms with Gasteiger partial charge in [0, 0.05) is 19.0 Å². The van der Waals surface area contributed by atoms with E-state index >= 15 is 0 Å². The SMILES string of the molecule is CCC(=C(c1ccccc1)c1ccc(OCCN2CCC(CF)C2)cc1)c1ccccc1. The highest BCUT2D eigenvalue weighted by atomic mass is 19.1. The lowest BCUT2D eigenvalue weighted by Crippen LogP contribution is -2.26. The third-order valence-electron chi connectivity index (χ3n) is 6.25. The molecule has 0 N–H and O–H groups in total. The van der Waals surface area contributed by atoms with E-state index in [1.807, 2.05) is 0 Å². The molecule has 166 valence electrons. The first-order chi connectivity index (χ1) is 15.8. The van der Waals surface area contributed by atoms with Crippen LogP contribution < -0.4 is 4.74 Å². The fourth-order valence-electron chi connectivity index (χ4n) is 4.54. The molecule has 3 aromatic carbocycles. The molecule has 1 unspecified atom stereocenters. The number of likely N-dealkylation sites (tertiary alicyclic amines) is 1. The second-order valence-corrected chi connectivity index (χ2v) is 8.42. The molecular weight excluding hydrogens is 397 g/mol. The normalized spacial score (nSPS) is 17.2. The van der Waals surface area contributed by atoms with E-state index in [9.17, 15) is 4.39 Å². The fourth-order valence-corrected chi connectivity index (χ4v) is 4.54. The zero-order valence-corrected chi connectivity index (χ0v) is 18.8. The highest BCUT2D eigenvalue weighted by molar-refractivity contribution is 5.98. The quantitative estimate of drug-likeness (QED) is 0.350. The van der Waals surface area contributed by atoms with Crippen LogP contribution in [0.25, 0.3) is 11.1 Å². The molecular formula is C29H32FNO. The van der Waals surface area contributed by atoms with Crippen LogP contribution in [0, 0.1) is 5.92 Å². The van der Waals surface area contributed by atoms with Crippen molar-refractivity contribution in [1.82, 2.24) is 4.90 Å². The molecule has 0 radical (unpaired) electrons. The predicted molar refractivity (Wildman–Crippen MR) is 132 cm³/mol. The number of allylic oxidation sites excluding steroid dienone is 1. The molecule has 1 aliphatic rings. The summed E-state index contributed by atoms with van der Waals surface area (Å²) in [5.74, 6) is 1.08. The number of hydrogen-bond donors (Lipinski definition) is 0. The maximum atomic E-state index is 12.8. The van der Waals surface area contributed by atoms with E-state index in [4.69, 9.17) is 4.74 Å². The summed E-state index contributed by atoms with van der Waals surface area (Å²) in [4.78, 5) is 2.29. The van der Waals surface area contributed by atoms with Crippen molar-refractivity contribution in [1.29, 1.82) is 0 Å². The minimum atomic E-state index is -0.210. The molecule has 3 aromatic rings. The number of benzene rings is 3. The Labute approximate surface area is 191 Å². The van der Waals surface area contributed by atoms with Gasteiger partial charge in [-0.15, -0.1) is 0 Å². The molecule has 1 heterocycles. The number of hydrogen-bond acceptors (Lipinski definition) is 2. The van der Waals surface area contributed by atoms with Crippen LogP contribution in [0.1, 0.15) is 36.5 Å². The number of ether oxygens (including phenoxy) is 1. The number of nitrogens with zero attached hydrogens (tertiary/aromatic N) is 1. The van der Waals surface area contributed by atoms with Crippen LogP contribution in [0.2, 0.25) is 0 Å². The molecule has 3 heteroatoms. The number of halogens is 1. The molecule has 0 amide bonds. The molecule has 32 heavy (non-hydrogen) atoms. The molecule has 0 aliphatic carbocycles. The van der Waals surface area contributed by atoms with Crippen molar-refractivity contribution < 1.29 is 9.13 Å². The van der Waals surface area contributed by atoms with E-state index in [2.05, 4.69) is 96.8 Å². The fraction of sp³-hybridized carbons (Fsp3) is 0.310. The maximum absolute atomic E-state index is 12.8. The van der Waals surface area contributed by atoms with Gasteiger partial charge < -0.3 is 4.74 Å². The molecule has 0 bridgehead atoms. The first-order valence-corrected chi connectivity index (χ1v) is 11.6. The first kappa shape index (κ1) is 22.3. The molecule has 0 spiro atoms. The van der Waals surface area contributed by atoms with E-state index in [0.29, 0.717) is 6.61 Å². The lowest BCUT2D eigenvalue weighted by atomic mass is 9.88. The third-order valence-corrected chi connectivity index (χ3v) is 6.25. The smallest absolute Gasteiger partial charge is 0.119 e. The molecule has 2 nitrogen and oxygen atoms in total. The van der Waals surface area contributed by atoms with Crippen LogP contribution in [0.3, 0.4) is 0 Å². The first-order valence-electron chi connectivity index (χ1n) is 11.6. The Morgan fingerprint density at radius 1 is 0.875 bits per heavy atom. The van der Waals surface area contributed by atoms with Gasteiger partial charge in [0.25, 0.3) is 0 Å². The Balaban J connectivity index is 1.53. The van der Waals surface area contributed by atoms with Crippen molar-refractivity contribution in [2.75, 3.05) is 32.9 Å². The summed E-state index contributed by atoms with van der Waals surface area (Å²) in [7, 11) is 0. The van der Waals surface area contributed by atoms with E-state index in [-0.39, 0.29) is 12.6 Å². The van der Waals surface area contributed by atoms with E-state index in [1.54, 1.807) is 0 Å². The Bertz CT molecular complexity index is 998. The van der Waals surface area contributed by atoms with Crippen LogP contribution in [0.5, 0.6) is 5.75 Å². The second kappa shape index (κ2) is 11.1. The van der Waals surface area contributed by atoms with E-state index < -0.39 is 0 Å². The molecule has 1 fully saturated rings. The summed E-state index contributed by atoms with van der Waals surface area (Å²) in [6, 6.07) is 29.7. The highest BCUT2D eigenvalue weighted by Crippen LogP contribution is 2.34. The van der Waals surface area contributed by atoms with Gasteiger partial charge in [-0.1, -0.05) is 79.7 Å². The Hall–Kier alpha value is -2.91. The van der Waals surface area contributed by atoms with Gasteiger partial charge in [0.1, 0.15) is 12.4 Å². The minimum absolute atomic E-state index is 0.204. The van der Waals surface area contributed by atoms with Crippen molar-refractivity contribution >= 4 is 11.1 Å². The zero-order valence-electron chi connectivity index (χ0n) is 18.8. The van der Waals surface area contributed by atoms with Crippen LogP contribution in [0.15, 0.2) is 84.9 Å². The number of alkyl halides is 1. The van der Waals surface area contributed by atoms with Gasteiger partial charge in [-0.25, -0.2) is 0 Å². The zero-order chi connectivity index (χ0) is 22.2. The van der Waals surface area contributed by atoms with Crippen LogP contribution in [-0.4, -0.2) is 37.8 Å². The summed E-state index contributed by atoms with van der Waals surface area (Å²) < 4.78 is 18.8. The molecule has 1 aliphatic heterocycles. The minimum Gasteiger partial charge on any atom is -0.492 e. The summed E-state index contributed by atoms with van der Waals surface area (Å²) in [5.41, 5.74) is 6.27. The van der Waals surface area contributed by atoms with Gasteiger partial charge in [0.05, 0.1) is 6.67 Å². The summed E-state index contributed by atoms with van der Waals surface area (Å²) in [6.45, 7) is 5.31. The van der Waals surface area contributed by atoms with Gasteiger partial charge >= 0.3 is 0 Å². The van der Waals surface area contributed by atoms with Crippen LogP contribution >= 0.6 is 0 Å². The molecule has 0 saturated carbocycles. The summed E-state index contributed by atoms with van der Waals surface area (Å²) in [5, 5.41) is 0. The average Bonchev–Trinajstić information content (AvgIpc) is 3.32. The van der Waals surface area contributed by atoms with Crippen molar-refractivity contribution in [3.8, 4) is 5.75 Å². The van der Waals surface area contributed by atoms with Crippen LogP contribution in [0.4, 0.5) is 4.39 Å². The molecule has 4 rings (SSSR count). The summed E-state index contributed by atoms with van der Waals surface area (Å²) >= 11 is 0. The maximum Gasteiger partial charge on any atom is 0.119 e. The molecule has 1 atom stereocenters. The average molecular weight is 430 g/mol. The predicted octanol–water partition coefficient (Wildman–Crippen LogP) is 6.73. The molecule has 1 saturated heterocycles. The lowest BCUT2D eigenvalue weighted by molar-refractivity contribution is 0.228. The van der Waals surface area contributed by atoms with E-state index in [0.717, 1.165) is 38.2 Å². The number of rotatable bonds is 9. The van der Waals surface area contributed by atoms with Crippen LogP contribution in [-0.2, 0) is 0 Å². The van der Waals surface area contributed by atoms with Crippen molar-refractivity contribution in [3.63, 3.8) is 0 Å². The van der Waals surface area contributed by atoms with Gasteiger partial charge in [0.15, 0.2) is 0 Å². The monoisotopic (exact) mass is 429 g/mol. The van der Waals surface area contributed by atoms with Gasteiger partial charge in [-0.05, 0) is 59.4 Å².